The summed E-state index contributed by atoms with van der Waals surface area (Å²) in [6.07, 6.45) is 1.58. The minimum absolute atomic E-state index is 0.807. The monoisotopic (exact) mass is 192 g/mol. The summed E-state index contributed by atoms with van der Waals surface area (Å²) >= 11 is 5.32. The highest BCUT2D eigenvalue weighted by Crippen LogP contribution is 2.11. The molecule has 0 saturated heterocycles. The SMILES string of the molecule is COc1cccc(C#C/C=C/Cl)c1. The van der Waals surface area contributed by atoms with Gasteiger partial charge in [-0.3, -0.25) is 0 Å². The minimum Gasteiger partial charge on any atom is -0.497 e. The molecule has 0 aliphatic rings. The van der Waals surface area contributed by atoms with Crippen LogP contribution in [-0.4, -0.2) is 7.11 Å². The van der Waals surface area contributed by atoms with Crippen LogP contribution in [0.4, 0.5) is 0 Å². The lowest BCUT2D eigenvalue weighted by molar-refractivity contribution is 0.414. The number of benzene rings is 1. The van der Waals surface area contributed by atoms with Crippen LogP contribution in [0.3, 0.4) is 0 Å². The third-order valence-corrected chi connectivity index (χ3v) is 1.56. The zero-order valence-electron chi connectivity index (χ0n) is 7.25. The maximum atomic E-state index is 5.32. The van der Waals surface area contributed by atoms with E-state index in [0.717, 1.165) is 11.3 Å². The Morgan fingerprint density at radius 2 is 2.31 bits per heavy atom. The molecule has 1 aromatic carbocycles. The number of rotatable bonds is 1. The van der Waals surface area contributed by atoms with Gasteiger partial charge >= 0.3 is 0 Å². The second kappa shape index (κ2) is 5.29. The molecular weight excluding hydrogens is 184 g/mol. The summed E-state index contributed by atoms with van der Waals surface area (Å²) in [6.45, 7) is 0. The molecule has 0 aliphatic heterocycles. The van der Waals surface area contributed by atoms with Crippen molar-refractivity contribution in [2.24, 2.45) is 0 Å². The molecule has 2 heteroatoms. The van der Waals surface area contributed by atoms with Crippen LogP contribution in [0.5, 0.6) is 5.75 Å². The largest absolute Gasteiger partial charge is 0.497 e. The van der Waals surface area contributed by atoms with Crippen LogP contribution < -0.4 is 4.74 Å². The molecule has 0 saturated carbocycles. The minimum atomic E-state index is 0.807. The molecule has 0 heterocycles. The highest BCUT2D eigenvalue weighted by atomic mass is 35.5. The van der Waals surface area contributed by atoms with Gasteiger partial charge in [-0.1, -0.05) is 29.5 Å². The molecule has 0 unspecified atom stereocenters. The van der Waals surface area contributed by atoms with E-state index < -0.39 is 0 Å². The molecule has 0 aromatic heterocycles. The molecule has 0 aliphatic carbocycles. The Labute approximate surface area is 83.0 Å². The lowest BCUT2D eigenvalue weighted by atomic mass is 10.2. The van der Waals surface area contributed by atoms with Gasteiger partial charge in [0.05, 0.1) is 7.11 Å². The Bertz CT molecular complexity index is 358. The van der Waals surface area contributed by atoms with Gasteiger partial charge in [0, 0.05) is 11.1 Å². The summed E-state index contributed by atoms with van der Waals surface area (Å²) in [5.74, 6) is 6.51. The quantitative estimate of drug-likeness (QED) is 0.622. The van der Waals surface area contributed by atoms with Crippen LogP contribution >= 0.6 is 11.6 Å². The highest BCUT2D eigenvalue weighted by Gasteiger charge is 1.89. The van der Waals surface area contributed by atoms with Gasteiger partial charge < -0.3 is 4.74 Å². The summed E-state index contributed by atoms with van der Waals surface area (Å²) in [6, 6.07) is 7.56. The Kier molecular flexibility index (Phi) is 3.95. The van der Waals surface area contributed by atoms with E-state index in [4.69, 9.17) is 16.3 Å². The van der Waals surface area contributed by atoms with E-state index in [-0.39, 0.29) is 0 Å². The van der Waals surface area contributed by atoms with Gasteiger partial charge in [0.2, 0.25) is 0 Å². The van der Waals surface area contributed by atoms with E-state index in [9.17, 15) is 0 Å². The first kappa shape index (κ1) is 9.70. The number of hydrogen-bond donors (Lipinski definition) is 0. The van der Waals surface area contributed by atoms with Crippen LogP contribution in [0.25, 0.3) is 0 Å². The molecule has 0 atom stereocenters. The van der Waals surface area contributed by atoms with E-state index >= 15 is 0 Å². The zero-order valence-corrected chi connectivity index (χ0v) is 8.01. The average molecular weight is 193 g/mol. The molecule has 0 fully saturated rings. The number of methoxy groups -OCH3 is 1. The fourth-order valence-corrected chi connectivity index (χ4v) is 0.920. The first-order valence-electron chi connectivity index (χ1n) is 3.77. The van der Waals surface area contributed by atoms with Gasteiger partial charge in [0.1, 0.15) is 5.75 Å². The fraction of sp³-hybridized carbons (Fsp3) is 0.0909. The van der Waals surface area contributed by atoms with E-state index in [0.29, 0.717) is 0 Å². The van der Waals surface area contributed by atoms with Crippen LogP contribution in [0.15, 0.2) is 35.9 Å². The number of hydrogen-bond acceptors (Lipinski definition) is 1. The third kappa shape index (κ3) is 3.23. The van der Waals surface area contributed by atoms with E-state index in [2.05, 4.69) is 11.8 Å². The summed E-state index contributed by atoms with van der Waals surface area (Å²) < 4.78 is 5.05. The first-order valence-corrected chi connectivity index (χ1v) is 4.21. The van der Waals surface area contributed by atoms with Crippen molar-refractivity contribution in [3.8, 4) is 17.6 Å². The van der Waals surface area contributed by atoms with Crippen molar-refractivity contribution in [2.45, 2.75) is 0 Å². The summed E-state index contributed by atoms with van der Waals surface area (Å²) in [5, 5.41) is 0. The van der Waals surface area contributed by atoms with Gasteiger partial charge in [0.15, 0.2) is 0 Å². The van der Waals surface area contributed by atoms with Crippen molar-refractivity contribution in [3.05, 3.63) is 41.4 Å². The predicted octanol–water partition coefficient (Wildman–Crippen LogP) is 2.80. The van der Waals surface area contributed by atoms with E-state index in [1.807, 2.05) is 24.3 Å². The Morgan fingerprint density at radius 3 is 3.00 bits per heavy atom. The second-order valence-corrected chi connectivity index (χ2v) is 2.55. The summed E-state index contributed by atoms with van der Waals surface area (Å²) in [4.78, 5) is 0. The van der Waals surface area contributed by atoms with Gasteiger partial charge in [-0.2, -0.15) is 0 Å². The normalized spacial score (nSPS) is 9.38. The predicted molar refractivity (Wildman–Crippen MR) is 54.9 cm³/mol. The molecule has 0 spiro atoms. The molecule has 1 nitrogen and oxygen atoms in total. The van der Waals surface area contributed by atoms with Crippen LogP contribution in [0.2, 0.25) is 0 Å². The smallest absolute Gasteiger partial charge is 0.120 e. The van der Waals surface area contributed by atoms with Crippen molar-refractivity contribution in [1.29, 1.82) is 0 Å². The molecule has 0 amide bonds. The Balaban J connectivity index is 2.85. The van der Waals surface area contributed by atoms with E-state index in [1.165, 1.54) is 5.54 Å². The Morgan fingerprint density at radius 1 is 1.46 bits per heavy atom. The molecule has 1 aromatic rings. The highest BCUT2D eigenvalue weighted by molar-refractivity contribution is 6.25. The van der Waals surface area contributed by atoms with Crippen molar-refractivity contribution in [3.63, 3.8) is 0 Å². The van der Waals surface area contributed by atoms with Crippen molar-refractivity contribution >= 4 is 11.6 Å². The van der Waals surface area contributed by atoms with Crippen LogP contribution in [0, 0.1) is 11.8 Å². The Hall–Kier alpha value is -1.39. The lowest BCUT2D eigenvalue weighted by Gasteiger charge is -1.97. The maximum absolute atomic E-state index is 5.32. The van der Waals surface area contributed by atoms with Crippen molar-refractivity contribution in [2.75, 3.05) is 7.11 Å². The third-order valence-electron chi connectivity index (χ3n) is 1.43. The molecule has 1 rings (SSSR count). The van der Waals surface area contributed by atoms with Crippen molar-refractivity contribution < 1.29 is 4.74 Å². The second-order valence-electron chi connectivity index (χ2n) is 2.29. The average Bonchev–Trinajstić information content (AvgIpc) is 2.19. The summed E-state index contributed by atoms with van der Waals surface area (Å²) in [7, 11) is 1.63. The lowest BCUT2D eigenvalue weighted by Crippen LogP contribution is -1.82. The number of halogens is 1. The molecule has 0 radical (unpaired) electrons. The van der Waals surface area contributed by atoms with Gasteiger partial charge in [-0.05, 0) is 24.3 Å². The number of allylic oxidation sites excluding steroid dienone is 1. The maximum Gasteiger partial charge on any atom is 0.120 e. The van der Waals surface area contributed by atoms with Gasteiger partial charge in [-0.15, -0.1) is 0 Å². The molecule has 0 bridgehead atoms. The number of ether oxygens (including phenoxy) is 1. The van der Waals surface area contributed by atoms with Gasteiger partial charge in [-0.25, -0.2) is 0 Å². The standard InChI is InChI=1S/C11H9ClO/c1-13-11-7-4-6-10(9-11)5-2-3-8-12/h3-4,6-9H,1H3/b8-3+. The molecule has 13 heavy (non-hydrogen) atoms. The molecular formula is C11H9ClO. The van der Waals surface area contributed by atoms with Crippen molar-refractivity contribution in [1.82, 2.24) is 0 Å². The van der Waals surface area contributed by atoms with Gasteiger partial charge in [0.25, 0.3) is 0 Å². The summed E-state index contributed by atoms with van der Waals surface area (Å²) in [5.41, 5.74) is 2.29. The van der Waals surface area contributed by atoms with E-state index in [1.54, 1.807) is 13.2 Å². The molecule has 0 N–H and O–H groups in total. The topological polar surface area (TPSA) is 9.23 Å². The fourth-order valence-electron chi connectivity index (χ4n) is 0.857. The van der Waals surface area contributed by atoms with Crippen LogP contribution in [-0.2, 0) is 0 Å². The van der Waals surface area contributed by atoms with Crippen LogP contribution in [0.1, 0.15) is 5.56 Å². The molecule has 66 valence electrons. The first-order chi connectivity index (χ1) is 6.36. The zero-order chi connectivity index (χ0) is 9.52.